The maximum Gasteiger partial charge on any atom is 0.334 e. The van der Waals surface area contributed by atoms with Gasteiger partial charge in [0.05, 0.1) is 33.9 Å². The van der Waals surface area contributed by atoms with Crippen molar-refractivity contribution in [3.05, 3.63) is 83.3 Å². The summed E-state index contributed by atoms with van der Waals surface area (Å²) >= 11 is 0. The molecule has 0 aliphatic carbocycles. The van der Waals surface area contributed by atoms with Crippen molar-refractivity contribution in [2.45, 2.75) is 221 Å². The summed E-state index contributed by atoms with van der Waals surface area (Å²) in [5.41, 5.74) is 1.03. The first-order valence-electron chi connectivity index (χ1n) is 25.0. The van der Waals surface area contributed by atoms with Crippen LogP contribution >= 0.6 is 0 Å². The number of allylic oxidation sites excluding steroid dienone is 2. The van der Waals surface area contributed by atoms with Gasteiger partial charge in [0.2, 0.25) is 0 Å². The van der Waals surface area contributed by atoms with E-state index in [4.69, 9.17) is 9.47 Å². The number of hydrogen-bond donors (Lipinski definition) is 2. The molecule has 0 spiro atoms. The second-order valence-electron chi connectivity index (χ2n) is 16.5. The van der Waals surface area contributed by atoms with Crippen LogP contribution in [-0.2, 0) is 19.1 Å². The second-order valence-corrected chi connectivity index (χ2v) is 18.5. The average Bonchev–Trinajstić information content (AvgIpc) is 3.26. The molecule has 2 N–H and O–H groups in total. The van der Waals surface area contributed by atoms with Gasteiger partial charge in [0.15, 0.2) is 0 Å². The number of ether oxygens (including phenoxy) is 2. The fourth-order valence-electron chi connectivity index (χ4n) is 7.42. The Balaban J connectivity index is 0.000000921. The number of rotatable bonds is 36. The summed E-state index contributed by atoms with van der Waals surface area (Å²) in [6, 6.07) is 21.5. The number of aliphatic carboxylic acids is 2. The van der Waals surface area contributed by atoms with Gasteiger partial charge in [-0.05, 0) is 52.4 Å². The fraction of sp³-hybridized carbons (Fsp3) is 0.667. The first kappa shape index (κ1) is 57.7. The largest absolute Gasteiger partial charge is 0.498 e. The van der Waals surface area contributed by atoms with Crippen molar-refractivity contribution in [2.24, 2.45) is 0 Å². The van der Waals surface area contributed by atoms with Crippen LogP contribution in [0.25, 0.3) is 0 Å². The summed E-state index contributed by atoms with van der Waals surface area (Å²) in [6.07, 6.45) is 31.6. The zero-order valence-corrected chi connectivity index (χ0v) is 41.6. The van der Waals surface area contributed by atoms with E-state index in [1.807, 2.05) is 13.8 Å². The van der Waals surface area contributed by atoms with Gasteiger partial charge >= 0.3 is 11.9 Å². The number of carboxylic acids is 2. The molecule has 6 nitrogen and oxygen atoms in total. The van der Waals surface area contributed by atoms with Gasteiger partial charge in [-0.3, -0.25) is 0 Å². The van der Waals surface area contributed by atoms with E-state index >= 15 is 0 Å². The third-order valence-electron chi connectivity index (χ3n) is 11.0. The highest BCUT2D eigenvalue weighted by Crippen LogP contribution is 2.23. The Kier molecular flexibility index (Phi) is 41.0. The van der Waals surface area contributed by atoms with Gasteiger partial charge < -0.3 is 19.7 Å². The standard InChI is InChI=1S/2C21H40O3.C12H12Si/c2*1-4-7-9-11-13-15-17-19(21(22)23)20(24-6-3)18-16-14-12-10-8-5-2;1-3-7-11(8-4-1)13-12-9-5-2-6-10-12/h2*4-18H2,1-3H3,(H,22,23);1-10H,13H2/b2*20-19+;. The SMILES string of the molecule is CCCCCCCC/C(OCC)=C(/CCCCCCCC)C(=O)O.CCCCCCCC/C(OCC)=C(/CCCCCCCC)C(=O)O.c1ccc([SiH2]c2ccccc2)cc1. The Bertz CT molecular complexity index is 1250. The highest BCUT2D eigenvalue weighted by atomic mass is 28.2. The van der Waals surface area contributed by atoms with Crippen molar-refractivity contribution in [3.63, 3.8) is 0 Å². The van der Waals surface area contributed by atoms with Crippen LogP contribution in [0.2, 0.25) is 0 Å². The Morgan fingerprint density at radius 2 is 0.656 bits per heavy atom. The zero-order chi connectivity index (χ0) is 45.0. The molecule has 0 bridgehead atoms. The highest BCUT2D eigenvalue weighted by molar-refractivity contribution is 6.67. The van der Waals surface area contributed by atoms with Gasteiger partial charge in [0, 0.05) is 12.8 Å². The highest BCUT2D eigenvalue weighted by Gasteiger charge is 2.17. The zero-order valence-electron chi connectivity index (χ0n) is 40.2. The van der Waals surface area contributed by atoms with E-state index in [0.717, 1.165) is 62.9 Å². The molecule has 2 aromatic carbocycles. The first-order chi connectivity index (χ1) is 29.8. The van der Waals surface area contributed by atoms with E-state index in [1.54, 1.807) is 0 Å². The van der Waals surface area contributed by atoms with Crippen LogP contribution in [0.15, 0.2) is 83.3 Å². The lowest BCUT2D eigenvalue weighted by molar-refractivity contribution is -0.134. The molecule has 0 saturated carbocycles. The number of carboxylic acid groups (broad SMARTS) is 2. The van der Waals surface area contributed by atoms with Crippen molar-refractivity contribution < 1.29 is 29.3 Å². The van der Waals surface area contributed by atoms with E-state index in [-0.39, 0.29) is 9.52 Å². The fourth-order valence-corrected chi connectivity index (χ4v) is 8.91. The molecule has 2 aromatic rings. The molecule has 7 heteroatoms. The molecule has 0 atom stereocenters. The number of unbranched alkanes of at least 4 members (excludes halogenated alkanes) is 20. The van der Waals surface area contributed by atoms with E-state index < -0.39 is 11.9 Å². The summed E-state index contributed by atoms with van der Waals surface area (Å²) < 4.78 is 11.4. The summed E-state index contributed by atoms with van der Waals surface area (Å²) in [6.45, 7) is 13.8. The van der Waals surface area contributed by atoms with Crippen LogP contribution in [0.1, 0.15) is 221 Å². The lowest BCUT2D eigenvalue weighted by Crippen LogP contribution is -2.26. The summed E-state index contributed by atoms with van der Waals surface area (Å²) in [7, 11) is -0.234. The lowest BCUT2D eigenvalue weighted by atomic mass is 10.0. The minimum Gasteiger partial charge on any atom is -0.498 e. The molecule has 348 valence electrons. The van der Waals surface area contributed by atoms with E-state index in [1.165, 1.54) is 126 Å². The quantitative estimate of drug-likeness (QED) is 0.0307. The third-order valence-corrected chi connectivity index (χ3v) is 12.8. The molecule has 0 amide bonds. The van der Waals surface area contributed by atoms with Crippen molar-refractivity contribution in [2.75, 3.05) is 13.2 Å². The van der Waals surface area contributed by atoms with E-state index in [0.29, 0.717) is 37.2 Å². The van der Waals surface area contributed by atoms with Gasteiger partial charge in [0.1, 0.15) is 11.5 Å². The van der Waals surface area contributed by atoms with E-state index in [9.17, 15) is 19.8 Å². The Morgan fingerprint density at radius 3 is 0.918 bits per heavy atom. The van der Waals surface area contributed by atoms with Crippen molar-refractivity contribution in [3.8, 4) is 0 Å². The molecule has 0 aromatic heterocycles. The molecule has 2 rings (SSSR count). The number of hydrogen-bond acceptors (Lipinski definition) is 4. The molecular weight excluding hydrogens is 773 g/mol. The third kappa shape index (κ3) is 33.9. The predicted octanol–water partition coefficient (Wildman–Crippen LogP) is 14.5. The van der Waals surface area contributed by atoms with Crippen LogP contribution < -0.4 is 10.4 Å². The Hall–Kier alpha value is -3.32. The molecule has 0 heterocycles. The Labute approximate surface area is 377 Å². The minimum atomic E-state index is -0.794. The monoisotopic (exact) mass is 865 g/mol. The van der Waals surface area contributed by atoms with Gasteiger partial charge in [-0.15, -0.1) is 0 Å². The number of carbonyl (C=O) groups is 2. The van der Waals surface area contributed by atoms with E-state index in [2.05, 4.69) is 88.4 Å². The normalized spacial score (nSPS) is 11.6. The molecule has 0 aliphatic rings. The minimum absolute atomic E-state index is 0.234. The maximum absolute atomic E-state index is 11.6. The van der Waals surface area contributed by atoms with Gasteiger partial charge in [-0.1, -0.05) is 227 Å². The Morgan fingerprint density at radius 1 is 0.393 bits per heavy atom. The van der Waals surface area contributed by atoms with Crippen LogP contribution in [0.5, 0.6) is 0 Å². The van der Waals surface area contributed by atoms with Gasteiger partial charge in [-0.25, -0.2) is 9.59 Å². The van der Waals surface area contributed by atoms with Crippen LogP contribution in [0.3, 0.4) is 0 Å². The van der Waals surface area contributed by atoms with Crippen molar-refractivity contribution in [1.29, 1.82) is 0 Å². The summed E-state index contributed by atoms with van der Waals surface area (Å²) in [5.74, 6) is -0.126. The summed E-state index contributed by atoms with van der Waals surface area (Å²) in [4.78, 5) is 23.2. The van der Waals surface area contributed by atoms with Crippen LogP contribution in [-0.4, -0.2) is 44.9 Å². The molecule has 0 fully saturated rings. The second kappa shape index (κ2) is 43.3. The summed E-state index contributed by atoms with van der Waals surface area (Å²) in [5, 5.41) is 22.1. The molecule has 0 aliphatic heterocycles. The molecular formula is C54H92O6Si. The smallest absolute Gasteiger partial charge is 0.334 e. The van der Waals surface area contributed by atoms with Gasteiger partial charge in [-0.2, -0.15) is 0 Å². The maximum atomic E-state index is 11.6. The first-order valence-corrected chi connectivity index (χ1v) is 26.4. The molecule has 61 heavy (non-hydrogen) atoms. The van der Waals surface area contributed by atoms with Crippen molar-refractivity contribution >= 4 is 31.8 Å². The topological polar surface area (TPSA) is 93.1 Å². The molecule has 0 saturated heterocycles. The lowest BCUT2D eigenvalue weighted by Gasteiger charge is -2.13. The predicted molar refractivity (Wildman–Crippen MR) is 265 cm³/mol. The average molecular weight is 865 g/mol. The van der Waals surface area contributed by atoms with Gasteiger partial charge in [0.25, 0.3) is 0 Å². The van der Waals surface area contributed by atoms with Crippen LogP contribution in [0, 0.1) is 0 Å². The molecule has 0 unspecified atom stereocenters. The van der Waals surface area contributed by atoms with Crippen LogP contribution in [0.4, 0.5) is 0 Å². The number of benzene rings is 2. The van der Waals surface area contributed by atoms with Crippen molar-refractivity contribution in [1.82, 2.24) is 0 Å². The molecule has 0 radical (unpaired) electrons.